The van der Waals surface area contributed by atoms with Crippen LogP contribution in [-0.2, 0) is 6.42 Å². The van der Waals surface area contributed by atoms with E-state index >= 15 is 0 Å². The van der Waals surface area contributed by atoms with Crippen molar-refractivity contribution >= 4 is 11.7 Å². The number of aromatic nitrogens is 1. The van der Waals surface area contributed by atoms with Gasteiger partial charge in [0.2, 0.25) is 0 Å². The van der Waals surface area contributed by atoms with Gasteiger partial charge in [0.25, 0.3) is 5.91 Å². The summed E-state index contributed by atoms with van der Waals surface area (Å²) in [6.45, 7) is 5.96. The summed E-state index contributed by atoms with van der Waals surface area (Å²) in [5.41, 5.74) is 4.10. The van der Waals surface area contributed by atoms with Gasteiger partial charge in [0, 0.05) is 24.3 Å². The minimum Gasteiger partial charge on any atom is -0.339 e. The number of nitrogens with one attached hydrogen (secondary N) is 1. The number of rotatable bonds is 3. The molecule has 0 saturated carbocycles. The minimum atomic E-state index is 0.0905. The summed E-state index contributed by atoms with van der Waals surface area (Å²) in [5.74, 6) is 6.78. The number of carbonyl (C=O) groups is 1. The van der Waals surface area contributed by atoms with Crippen LogP contribution >= 0.6 is 0 Å². The van der Waals surface area contributed by atoms with Crippen LogP contribution in [0.2, 0.25) is 0 Å². The fourth-order valence-electron chi connectivity index (χ4n) is 2.61. The Morgan fingerprint density at radius 3 is 2.95 bits per heavy atom. The molecule has 1 saturated heterocycles. The van der Waals surface area contributed by atoms with Gasteiger partial charge in [-0.25, -0.2) is 10.8 Å². The van der Waals surface area contributed by atoms with Gasteiger partial charge in [-0.15, -0.1) is 0 Å². The molecule has 1 aromatic heterocycles. The Labute approximate surface area is 120 Å². The quantitative estimate of drug-likeness (QED) is 0.656. The summed E-state index contributed by atoms with van der Waals surface area (Å²) in [5, 5.41) is 0. The van der Waals surface area contributed by atoms with Crippen LogP contribution in [-0.4, -0.2) is 28.9 Å². The van der Waals surface area contributed by atoms with Crippen molar-refractivity contribution < 1.29 is 4.79 Å². The largest absolute Gasteiger partial charge is 0.339 e. The Morgan fingerprint density at radius 2 is 2.25 bits per heavy atom. The fourth-order valence-corrected chi connectivity index (χ4v) is 2.61. The zero-order chi connectivity index (χ0) is 14.5. The SMILES string of the molecule is CCc1cc(C(=O)N2CCCC(C)CC2)cc(NN)n1. The van der Waals surface area contributed by atoms with Crippen LogP contribution in [0.1, 0.15) is 49.2 Å². The van der Waals surface area contributed by atoms with Crippen LogP contribution in [0.3, 0.4) is 0 Å². The molecule has 1 unspecified atom stereocenters. The van der Waals surface area contributed by atoms with Crippen molar-refractivity contribution in [2.45, 2.75) is 39.5 Å². The highest BCUT2D eigenvalue weighted by atomic mass is 16.2. The number of nitrogens with zero attached hydrogens (tertiary/aromatic N) is 2. The molecule has 1 fully saturated rings. The third kappa shape index (κ3) is 3.48. The Kier molecular flexibility index (Phi) is 4.95. The van der Waals surface area contributed by atoms with Gasteiger partial charge in [-0.2, -0.15) is 0 Å². The Balaban J connectivity index is 2.19. The predicted octanol–water partition coefficient (Wildman–Crippen LogP) is 2.19. The molecule has 0 aromatic carbocycles. The highest BCUT2D eigenvalue weighted by Crippen LogP contribution is 2.19. The number of nitrogens with two attached hydrogens (primary N) is 1. The standard InChI is InChI=1S/C15H24N4O/c1-3-13-9-12(10-14(17-13)18-16)15(20)19-7-4-5-11(2)6-8-19/h9-11H,3-8,16H2,1-2H3,(H,17,18). The van der Waals surface area contributed by atoms with Crippen molar-refractivity contribution in [1.29, 1.82) is 0 Å². The zero-order valence-electron chi connectivity index (χ0n) is 12.4. The van der Waals surface area contributed by atoms with Gasteiger partial charge in [0.1, 0.15) is 5.82 Å². The lowest BCUT2D eigenvalue weighted by Gasteiger charge is -2.21. The molecule has 3 N–H and O–H groups in total. The zero-order valence-corrected chi connectivity index (χ0v) is 12.4. The van der Waals surface area contributed by atoms with Crippen molar-refractivity contribution in [3.8, 4) is 0 Å². The highest BCUT2D eigenvalue weighted by molar-refractivity contribution is 5.95. The summed E-state index contributed by atoms with van der Waals surface area (Å²) in [4.78, 5) is 18.9. The molecule has 0 bridgehead atoms. The molecule has 5 nitrogen and oxygen atoms in total. The van der Waals surface area contributed by atoms with Gasteiger partial charge in [-0.1, -0.05) is 13.8 Å². The second-order valence-corrected chi connectivity index (χ2v) is 5.56. The Bertz CT molecular complexity index is 453. The van der Waals surface area contributed by atoms with Crippen LogP contribution < -0.4 is 11.3 Å². The molecular weight excluding hydrogens is 252 g/mol. The minimum absolute atomic E-state index is 0.0905. The van der Waals surface area contributed by atoms with Gasteiger partial charge < -0.3 is 10.3 Å². The van der Waals surface area contributed by atoms with Gasteiger partial charge >= 0.3 is 0 Å². The van der Waals surface area contributed by atoms with Gasteiger partial charge in [0.15, 0.2) is 0 Å². The van der Waals surface area contributed by atoms with E-state index in [0.717, 1.165) is 38.0 Å². The van der Waals surface area contributed by atoms with E-state index in [1.165, 1.54) is 6.42 Å². The lowest BCUT2D eigenvalue weighted by Crippen LogP contribution is -2.32. The molecule has 2 rings (SSSR count). The molecule has 1 amide bonds. The van der Waals surface area contributed by atoms with E-state index in [9.17, 15) is 4.79 Å². The smallest absolute Gasteiger partial charge is 0.254 e. The maximum absolute atomic E-state index is 12.6. The maximum atomic E-state index is 12.6. The van der Waals surface area contributed by atoms with Crippen molar-refractivity contribution in [1.82, 2.24) is 9.88 Å². The summed E-state index contributed by atoms with van der Waals surface area (Å²) in [6.07, 6.45) is 4.16. The average Bonchev–Trinajstić information content (AvgIpc) is 2.70. The van der Waals surface area contributed by atoms with Gasteiger partial charge in [-0.3, -0.25) is 4.79 Å². The number of amides is 1. The number of pyridine rings is 1. The summed E-state index contributed by atoms with van der Waals surface area (Å²) >= 11 is 0. The number of hydrogen-bond acceptors (Lipinski definition) is 4. The number of aryl methyl sites for hydroxylation is 1. The van der Waals surface area contributed by atoms with E-state index in [2.05, 4.69) is 17.3 Å². The monoisotopic (exact) mass is 276 g/mol. The van der Waals surface area contributed by atoms with Crippen LogP contribution in [0.4, 0.5) is 5.82 Å². The van der Waals surface area contributed by atoms with E-state index in [1.807, 2.05) is 17.9 Å². The molecule has 20 heavy (non-hydrogen) atoms. The number of nitrogen functional groups attached to an aromatic ring is 1. The second kappa shape index (κ2) is 6.70. The van der Waals surface area contributed by atoms with Gasteiger partial charge in [-0.05, 0) is 43.7 Å². The Hall–Kier alpha value is -1.62. The third-order valence-electron chi connectivity index (χ3n) is 3.94. The van der Waals surface area contributed by atoms with Crippen LogP contribution in [0.15, 0.2) is 12.1 Å². The molecule has 1 atom stereocenters. The van der Waals surface area contributed by atoms with Crippen molar-refractivity contribution in [3.05, 3.63) is 23.4 Å². The average molecular weight is 276 g/mol. The summed E-state index contributed by atoms with van der Waals surface area (Å²) < 4.78 is 0. The van der Waals surface area contributed by atoms with Crippen molar-refractivity contribution in [3.63, 3.8) is 0 Å². The molecular formula is C15H24N4O. The molecule has 1 aliphatic heterocycles. The Morgan fingerprint density at radius 1 is 1.45 bits per heavy atom. The van der Waals surface area contributed by atoms with E-state index in [4.69, 9.17) is 5.84 Å². The van der Waals surface area contributed by atoms with Crippen molar-refractivity contribution in [2.24, 2.45) is 11.8 Å². The number of hydrazine groups is 1. The molecule has 0 spiro atoms. The predicted molar refractivity (Wildman–Crippen MR) is 80.3 cm³/mol. The maximum Gasteiger partial charge on any atom is 0.254 e. The molecule has 110 valence electrons. The van der Waals surface area contributed by atoms with E-state index in [1.54, 1.807) is 6.07 Å². The van der Waals surface area contributed by atoms with Crippen molar-refractivity contribution in [2.75, 3.05) is 18.5 Å². The third-order valence-corrected chi connectivity index (χ3v) is 3.94. The van der Waals surface area contributed by atoms with Crippen LogP contribution in [0, 0.1) is 5.92 Å². The molecule has 2 heterocycles. The number of carbonyl (C=O) groups excluding carboxylic acids is 1. The van der Waals surface area contributed by atoms with Gasteiger partial charge in [0.05, 0.1) is 0 Å². The lowest BCUT2D eigenvalue weighted by molar-refractivity contribution is 0.0760. The van der Waals surface area contributed by atoms with E-state index in [-0.39, 0.29) is 5.91 Å². The molecule has 0 aliphatic carbocycles. The first kappa shape index (κ1) is 14.8. The van der Waals surface area contributed by atoms with E-state index < -0.39 is 0 Å². The van der Waals surface area contributed by atoms with E-state index in [0.29, 0.717) is 17.3 Å². The van der Waals surface area contributed by atoms with Crippen LogP contribution in [0.5, 0.6) is 0 Å². The normalized spacial score (nSPS) is 19.6. The molecule has 5 heteroatoms. The topological polar surface area (TPSA) is 71.2 Å². The first-order valence-electron chi connectivity index (χ1n) is 7.41. The molecule has 1 aliphatic rings. The molecule has 1 aromatic rings. The molecule has 0 radical (unpaired) electrons. The fraction of sp³-hybridized carbons (Fsp3) is 0.600. The van der Waals surface area contributed by atoms with Crippen LogP contribution in [0.25, 0.3) is 0 Å². The summed E-state index contributed by atoms with van der Waals surface area (Å²) in [6, 6.07) is 3.60. The first-order chi connectivity index (χ1) is 9.63. The number of likely N-dealkylation sites (tertiary alicyclic amines) is 1. The lowest BCUT2D eigenvalue weighted by atomic mass is 10.0. The summed E-state index contributed by atoms with van der Waals surface area (Å²) in [7, 11) is 0. The highest BCUT2D eigenvalue weighted by Gasteiger charge is 2.20. The number of hydrogen-bond donors (Lipinski definition) is 2. The first-order valence-corrected chi connectivity index (χ1v) is 7.41. The second-order valence-electron chi connectivity index (χ2n) is 5.56. The number of anilines is 1.